The van der Waals surface area contributed by atoms with Crippen LogP contribution in [0.1, 0.15) is 11.3 Å². The first-order chi connectivity index (χ1) is 7.29. The molecule has 2 N–H and O–H groups in total. The van der Waals surface area contributed by atoms with Crippen molar-refractivity contribution in [1.82, 2.24) is 14.8 Å². The van der Waals surface area contributed by atoms with E-state index < -0.39 is 0 Å². The second-order valence-electron chi connectivity index (χ2n) is 3.20. The number of hydrogen-bond donors (Lipinski definition) is 1. The van der Waals surface area contributed by atoms with Crippen LogP contribution in [0.3, 0.4) is 0 Å². The predicted octanol–water partition coefficient (Wildman–Crippen LogP) is 1.55. The molecule has 2 heterocycles. The van der Waals surface area contributed by atoms with Crippen molar-refractivity contribution >= 4 is 15.9 Å². The second-order valence-corrected chi connectivity index (χ2v) is 4.11. The number of halogens is 1. The fraction of sp³-hybridized carbons (Fsp3) is 0.200. The van der Waals surface area contributed by atoms with Crippen LogP contribution in [0.4, 0.5) is 0 Å². The van der Waals surface area contributed by atoms with Crippen molar-refractivity contribution in [3.05, 3.63) is 46.5 Å². The van der Waals surface area contributed by atoms with Gasteiger partial charge in [-0.1, -0.05) is 0 Å². The molecule has 0 amide bonds. The standard InChI is InChI=1S/C10H11BrN4/c11-9-3-8(5-13-6-9)7-15-10(4-12)1-2-14-15/h1-3,5-6H,4,7,12H2. The molecular formula is C10H11BrN4. The van der Waals surface area contributed by atoms with Crippen LogP contribution in [0.25, 0.3) is 0 Å². The summed E-state index contributed by atoms with van der Waals surface area (Å²) in [5.41, 5.74) is 7.72. The lowest BCUT2D eigenvalue weighted by molar-refractivity contribution is 0.644. The van der Waals surface area contributed by atoms with Crippen molar-refractivity contribution in [2.75, 3.05) is 0 Å². The molecule has 2 aromatic heterocycles. The van der Waals surface area contributed by atoms with E-state index in [-0.39, 0.29) is 0 Å². The molecular weight excluding hydrogens is 256 g/mol. The number of nitrogens with zero attached hydrogens (tertiary/aromatic N) is 3. The highest BCUT2D eigenvalue weighted by Crippen LogP contribution is 2.11. The Kier molecular flexibility index (Phi) is 3.13. The summed E-state index contributed by atoms with van der Waals surface area (Å²) in [5, 5.41) is 4.21. The summed E-state index contributed by atoms with van der Waals surface area (Å²) in [6.45, 7) is 1.20. The predicted molar refractivity (Wildman–Crippen MR) is 61.2 cm³/mol. The van der Waals surface area contributed by atoms with Gasteiger partial charge in [-0.25, -0.2) is 0 Å². The maximum atomic E-state index is 5.59. The lowest BCUT2D eigenvalue weighted by atomic mass is 10.3. The zero-order valence-corrected chi connectivity index (χ0v) is 9.68. The molecule has 0 unspecified atom stereocenters. The molecule has 15 heavy (non-hydrogen) atoms. The van der Waals surface area contributed by atoms with Crippen LogP contribution in [-0.4, -0.2) is 14.8 Å². The minimum absolute atomic E-state index is 0.501. The normalized spacial score (nSPS) is 10.5. The molecule has 0 spiro atoms. The van der Waals surface area contributed by atoms with Crippen molar-refractivity contribution in [3.63, 3.8) is 0 Å². The van der Waals surface area contributed by atoms with Gasteiger partial charge in [-0.05, 0) is 33.6 Å². The molecule has 0 saturated carbocycles. The molecule has 0 aliphatic carbocycles. The van der Waals surface area contributed by atoms with E-state index in [0.717, 1.165) is 15.7 Å². The number of pyridine rings is 1. The number of rotatable bonds is 3. The highest BCUT2D eigenvalue weighted by atomic mass is 79.9. The van der Waals surface area contributed by atoms with E-state index in [2.05, 4.69) is 26.0 Å². The van der Waals surface area contributed by atoms with Crippen LogP contribution >= 0.6 is 15.9 Å². The van der Waals surface area contributed by atoms with Gasteiger partial charge in [0.2, 0.25) is 0 Å². The van der Waals surface area contributed by atoms with Gasteiger partial charge >= 0.3 is 0 Å². The fourth-order valence-electron chi connectivity index (χ4n) is 1.39. The largest absolute Gasteiger partial charge is 0.325 e. The van der Waals surface area contributed by atoms with Gasteiger partial charge in [-0.3, -0.25) is 9.67 Å². The van der Waals surface area contributed by atoms with Crippen LogP contribution in [0, 0.1) is 0 Å². The van der Waals surface area contributed by atoms with E-state index in [1.54, 1.807) is 12.4 Å². The zero-order chi connectivity index (χ0) is 10.7. The van der Waals surface area contributed by atoms with Crippen molar-refractivity contribution in [2.45, 2.75) is 13.1 Å². The second kappa shape index (κ2) is 4.55. The Bertz CT molecular complexity index is 452. The maximum absolute atomic E-state index is 5.59. The molecule has 0 aromatic carbocycles. The number of nitrogens with two attached hydrogens (primary N) is 1. The first kappa shape index (κ1) is 10.3. The summed E-state index contributed by atoms with van der Waals surface area (Å²) in [6.07, 6.45) is 5.34. The van der Waals surface area contributed by atoms with Gasteiger partial charge < -0.3 is 5.73 Å². The Morgan fingerprint density at radius 3 is 3.00 bits per heavy atom. The third-order valence-corrected chi connectivity index (χ3v) is 2.54. The SMILES string of the molecule is NCc1ccnn1Cc1cncc(Br)c1. The third-order valence-electron chi connectivity index (χ3n) is 2.11. The summed E-state index contributed by atoms with van der Waals surface area (Å²) >= 11 is 3.38. The number of hydrogen-bond acceptors (Lipinski definition) is 3. The smallest absolute Gasteiger partial charge is 0.0678 e. The summed E-state index contributed by atoms with van der Waals surface area (Å²) in [5.74, 6) is 0. The van der Waals surface area contributed by atoms with Gasteiger partial charge in [0.25, 0.3) is 0 Å². The lowest BCUT2D eigenvalue weighted by Gasteiger charge is -2.05. The van der Waals surface area contributed by atoms with E-state index in [4.69, 9.17) is 5.73 Å². The van der Waals surface area contributed by atoms with Crippen molar-refractivity contribution in [3.8, 4) is 0 Å². The molecule has 5 heteroatoms. The minimum atomic E-state index is 0.501. The highest BCUT2D eigenvalue weighted by Gasteiger charge is 2.01. The molecule has 0 bridgehead atoms. The third kappa shape index (κ3) is 2.43. The summed E-state index contributed by atoms with van der Waals surface area (Å²) in [4.78, 5) is 4.10. The van der Waals surface area contributed by atoms with Gasteiger partial charge in [-0.2, -0.15) is 5.10 Å². The Morgan fingerprint density at radius 2 is 2.27 bits per heavy atom. The molecule has 0 aliphatic rings. The van der Waals surface area contributed by atoms with E-state index in [0.29, 0.717) is 13.1 Å². The van der Waals surface area contributed by atoms with Crippen LogP contribution in [0.5, 0.6) is 0 Å². The quantitative estimate of drug-likeness (QED) is 0.917. The average molecular weight is 267 g/mol. The molecule has 2 rings (SSSR count). The van der Waals surface area contributed by atoms with Gasteiger partial charge in [-0.15, -0.1) is 0 Å². The van der Waals surface area contributed by atoms with E-state index in [1.807, 2.05) is 23.0 Å². The summed E-state index contributed by atoms with van der Waals surface area (Å²) < 4.78 is 2.85. The first-order valence-electron chi connectivity index (χ1n) is 4.60. The first-order valence-corrected chi connectivity index (χ1v) is 5.39. The van der Waals surface area contributed by atoms with Crippen LogP contribution in [0.15, 0.2) is 35.2 Å². The molecule has 0 atom stereocenters. The minimum Gasteiger partial charge on any atom is -0.325 e. The molecule has 0 aliphatic heterocycles. The molecule has 0 fully saturated rings. The summed E-state index contributed by atoms with van der Waals surface area (Å²) in [6, 6.07) is 3.94. The molecule has 0 radical (unpaired) electrons. The topological polar surface area (TPSA) is 56.7 Å². The van der Waals surface area contributed by atoms with Gasteiger partial charge in [0.05, 0.1) is 12.2 Å². The molecule has 78 valence electrons. The summed E-state index contributed by atoms with van der Waals surface area (Å²) in [7, 11) is 0. The van der Waals surface area contributed by atoms with Gasteiger partial charge in [0.1, 0.15) is 0 Å². The van der Waals surface area contributed by atoms with Gasteiger partial charge in [0.15, 0.2) is 0 Å². The average Bonchev–Trinajstić information content (AvgIpc) is 2.65. The van der Waals surface area contributed by atoms with E-state index in [9.17, 15) is 0 Å². The maximum Gasteiger partial charge on any atom is 0.0678 e. The molecule has 4 nitrogen and oxygen atoms in total. The van der Waals surface area contributed by atoms with Crippen molar-refractivity contribution in [1.29, 1.82) is 0 Å². The van der Waals surface area contributed by atoms with Crippen LogP contribution < -0.4 is 5.73 Å². The van der Waals surface area contributed by atoms with E-state index >= 15 is 0 Å². The molecule has 0 saturated heterocycles. The van der Waals surface area contributed by atoms with Crippen LogP contribution in [-0.2, 0) is 13.1 Å². The Morgan fingerprint density at radius 1 is 1.40 bits per heavy atom. The Balaban J connectivity index is 2.22. The Labute approximate surface area is 96.3 Å². The van der Waals surface area contributed by atoms with E-state index in [1.165, 1.54) is 0 Å². The van der Waals surface area contributed by atoms with Gasteiger partial charge in [0, 0.05) is 29.6 Å². The highest BCUT2D eigenvalue weighted by molar-refractivity contribution is 9.10. The number of aromatic nitrogens is 3. The van der Waals surface area contributed by atoms with Crippen molar-refractivity contribution in [2.24, 2.45) is 5.73 Å². The molecule has 2 aromatic rings. The Hall–Kier alpha value is -1.20. The zero-order valence-electron chi connectivity index (χ0n) is 8.10. The van der Waals surface area contributed by atoms with Crippen LogP contribution in [0.2, 0.25) is 0 Å². The monoisotopic (exact) mass is 266 g/mol. The fourth-order valence-corrected chi connectivity index (χ4v) is 1.80. The van der Waals surface area contributed by atoms with Crippen molar-refractivity contribution < 1.29 is 0 Å². The lowest BCUT2D eigenvalue weighted by Crippen LogP contribution is -2.09.